The Morgan fingerprint density at radius 3 is 2.68 bits per heavy atom. The number of thiophene rings is 1. The average molecular weight is 501 g/mol. The molecule has 0 saturated carbocycles. The van der Waals surface area contributed by atoms with E-state index in [4.69, 9.17) is 14.7 Å². The van der Waals surface area contributed by atoms with Crippen molar-refractivity contribution in [2.75, 3.05) is 44.3 Å². The van der Waals surface area contributed by atoms with Crippen molar-refractivity contribution in [2.45, 2.75) is 18.4 Å². The first-order valence-corrected chi connectivity index (χ1v) is 13.2. The van der Waals surface area contributed by atoms with Gasteiger partial charge in [-0.25, -0.2) is 22.7 Å². The van der Waals surface area contributed by atoms with Gasteiger partial charge in [0.15, 0.2) is 11.6 Å². The molecule has 1 aromatic carbocycles. The number of hydrogen-bond acceptors (Lipinski definition) is 9. The summed E-state index contributed by atoms with van der Waals surface area (Å²) < 4.78 is 30.6. The first-order chi connectivity index (χ1) is 16.5. The summed E-state index contributed by atoms with van der Waals surface area (Å²) in [6.45, 7) is 3.32. The largest absolute Gasteiger partial charge is 0.384 e. The summed E-state index contributed by atoms with van der Waals surface area (Å²) in [4.78, 5) is 12.9. The molecule has 10 nitrogen and oxygen atoms in total. The number of morpholine rings is 1. The molecule has 2 N–H and O–H groups in total. The second kappa shape index (κ2) is 8.54. The number of piperidine rings is 1. The van der Waals surface area contributed by atoms with Gasteiger partial charge in [0.1, 0.15) is 5.60 Å². The molecule has 0 unspecified atom stereocenters. The van der Waals surface area contributed by atoms with Crippen LogP contribution in [0.2, 0.25) is 0 Å². The Labute approximate surface area is 201 Å². The predicted molar refractivity (Wildman–Crippen MR) is 131 cm³/mol. The number of anilines is 1. The molecule has 0 spiro atoms. The molecule has 12 heteroatoms. The normalized spacial score (nSPS) is 19.4. The Balaban J connectivity index is 1.48. The van der Waals surface area contributed by atoms with Crippen LogP contribution in [-0.2, 0) is 21.2 Å². The molecular weight excluding hydrogens is 476 g/mol. The molecule has 0 bridgehead atoms. The minimum Gasteiger partial charge on any atom is -0.384 e. The molecule has 6 rings (SSSR count). The van der Waals surface area contributed by atoms with Crippen molar-refractivity contribution in [3.8, 4) is 11.4 Å². The van der Waals surface area contributed by atoms with Crippen molar-refractivity contribution in [2.24, 2.45) is 0 Å². The number of benzene rings is 1. The summed E-state index contributed by atoms with van der Waals surface area (Å²) >= 11 is 1.50. The van der Waals surface area contributed by atoms with Gasteiger partial charge in [-0.2, -0.15) is 5.10 Å². The average Bonchev–Trinajstić information content (AvgIpc) is 3.51. The lowest BCUT2D eigenvalue weighted by Gasteiger charge is -2.34. The molecule has 178 valence electrons. The van der Waals surface area contributed by atoms with Crippen LogP contribution in [0.3, 0.4) is 0 Å². The smallest absolute Gasteiger partial charge is 0.203 e. The lowest BCUT2D eigenvalue weighted by molar-refractivity contribution is -0.00571. The van der Waals surface area contributed by atoms with Crippen molar-refractivity contribution in [3.05, 3.63) is 35.3 Å². The molecule has 34 heavy (non-hydrogen) atoms. The second-order valence-electron chi connectivity index (χ2n) is 8.66. The highest BCUT2D eigenvalue weighted by Gasteiger charge is 2.37. The highest BCUT2D eigenvalue weighted by Crippen LogP contribution is 2.42. The van der Waals surface area contributed by atoms with Crippen LogP contribution >= 0.6 is 11.3 Å². The van der Waals surface area contributed by atoms with Gasteiger partial charge in [-0.05, 0) is 25.0 Å². The van der Waals surface area contributed by atoms with Gasteiger partial charge in [-0.1, -0.05) is 12.1 Å². The topological polar surface area (TPSA) is 125 Å². The highest BCUT2D eigenvalue weighted by atomic mass is 32.2. The molecule has 2 fully saturated rings. The van der Waals surface area contributed by atoms with Crippen LogP contribution in [0.1, 0.15) is 17.7 Å². The monoisotopic (exact) mass is 500 g/mol. The van der Waals surface area contributed by atoms with Gasteiger partial charge >= 0.3 is 0 Å². The van der Waals surface area contributed by atoms with Crippen molar-refractivity contribution < 1.29 is 18.3 Å². The lowest BCUT2D eigenvalue weighted by Crippen LogP contribution is -2.41. The summed E-state index contributed by atoms with van der Waals surface area (Å²) in [6.07, 6.45) is 2.48. The Bertz CT molecular complexity index is 1430. The van der Waals surface area contributed by atoms with E-state index in [1.165, 1.54) is 15.6 Å². The van der Waals surface area contributed by atoms with Gasteiger partial charge in [0.2, 0.25) is 10.9 Å². The van der Waals surface area contributed by atoms with Gasteiger partial charge < -0.3 is 14.7 Å². The number of aliphatic hydroxyl groups is 1. The van der Waals surface area contributed by atoms with Crippen LogP contribution in [0.25, 0.3) is 32.5 Å². The maximum atomic E-state index is 11.4. The van der Waals surface area contributed by atoms with E-state index in [1.807, 2.05) is 24.3 Å². The van der Waals surface area contributed by atoms with Crippen LogP contribution in [0.4, 0.5) is 5.82 Å². The SMILES string of the molecule is O=[SH](=O)N1CCC(O)(c2cc3nc(-c4cccc5[nH]ncc45)nc(N4CCOCC4)c3s2)CC1. The van der Waals surface area contributed by atoms with Crippen molar-refractivity contribution in [1.82, 2.24) is 24.5 Å². The van der Waals surface area contributed by atoms with E-state index < -0.39 is 16.5 Å². The minimum atomic E-state index is -2.63. The Kier molecular flexibility index (Phi) is 5.49. The van der Waals surface area contributed by atoms with Crippen LogP contribution < -0.4 is 4.90 Å². The number of H-pyrrole nitrogens is 1. The number of thiol groups is 1. The molecule has 2 saturated heterocycles. The molecular formula is C22H24N6O4S2. The zero-order valence-corrected chi connectivity index (χ0v) is 20.0. The third-order valence-corrected chi connectivity index (χ3v) is 8.82. The molecule has 0 atom stereocenters. The first kappa shape index (κ1) is 21.9. The number of nitrogens with one attached hydrogen (secondary N) is 1. The second-order valence-corrected chi connectivity index (χ2v) is 10.7. The molecule has 2 aliphatic rings. The van der Waals surface area contributed by atoms with Crippen LogP contribution in [0.15, 0.2) is 30.5 Å². The van der Waals surface area contributed by atoms with Crippen LogP contribution in [-0.4, -0.2) is 77.4 Å². The number of aromatic amines is 1. The van der Waals surface area contributed by atoms with Gasteiger partial charge in [-0.3, -0.25) is 5.10 Å². The molecule has 0 aliphatic carbocycles. The molecule has 3 aromatic heterocycles. The van der Waals surface area contributed by atoms with Crippen molar-refractivity contribution >= 4 is 49.2 Å². The van der Waals surface area contributed by atoms with Gasteiger partial charge in [0.05, 0.1) is 35.1 Å². The summed E-state index contributed by atoms with van der Waals surface area (Å²) in [5.74, 6) is 1.44. The summed E-state index contributed by atoms with van der Waals surface area (Å²) in [5.41, 5.74) is 1.50. The number of rotatable bonds is 4. The van der Waals surface area contributed by atoms with Gasteiger partial charge in [0, 0.05) is 42.0 Å². The lowest BCUT2D eigenvalue weighted by atomic mass is 9.91. The fourth-order valence-electron chi connectivity index (χ4n) is 4.69. The zero-order valence-electron chi connectivity index (χ0n) is 18.3. The molecule has 2 aliphatic heterocycles. The maximum absolute atomic E-state index is 11.4. The van der Waals surface area contributed by atoms with Gasteiger partial charge in [-0.15, -0.1) is 11.3 Å². The van der Waals surface area contributed by atoms with E-state index in [9.17, 15) is 13.5 Å². The third kappa shape index (κ3) is 3.75. The van der Waals surface area contributed by atoms with E-state index in [-0.39, 0.29) is 0 Å². The van der Waals surface area contributed by atoms with E-state index >= 15 is 0 Å². The molecule has 0 radical (unpaired) electrons. The Hall–Kier alpha value is -2.64. The summed E-state index contributed by atoms with van der Waals surface area (Å²) in [6, 6.07) is 7.85. The Morgan fingerprint density at radius 1 is 1.12 bits per heavy atom. The number of hydrogen-bond donors (Lipinski definition) is 3. The molecule has 5 heterocycles. The molecule has 0 amide bonds. The van der Waals surface area contributed by atoms with E-state index in [0.717, 1.165) is 50.5 Å². The summed E-state index contributed by atoms with van der Waals surface area (Å²) in [7, 11) is -2.63. The molecule has 4 aromatic rings. The first-order valence-electron chi connectivity index (χ1n) is 11.2. The van der Waals surface area contributed by atoms with Crippen molar-refractivity contribution in [1.29, 1.82) is 0 Å². The Morgan fingerprint density at radius 2 is 1.91 bits per heavy atom. The standard InChI is InChI=1S/C22H24N6O4S2/c29-22(4-6-28(7-5-22)34(30)31)18-12-17-19(33-18)21(27-8-10-32-11-9-27)25-20(24-17)14-2-1-3-16-15(14)13-23-26-16/h1-3,12-13,29,34H,4-11H2,(H,23,26). The fourth-order valence-corrected chi connectivity index (χ4v) is 6.48. The van der Waals surface area contributed by atoms with E-state index in [0.29, 0.717) is 45.0 Å². The zero-order chi connectivity index (χ0) is 23.3. The fraction of sp³-hybridized carbons (Fsp3) is 0.409. The third-order valence-electron chi connectivity index (χ3n) is 6.65. The predicted octanol–water partition coefficient (Wildman–Crippen LogP) is 1.88. The minimum absolute atomic E-state index is 0.305. The highest BCUT2D eigenvalue weighted by molar-refractivity contribution is 7.69. The number of fused-ring (bicyclic) bond motifs is 2. The summed E-state index contributed by atoms with van der Waals surface area (Å²) in [5, 5.41) is 19.6. The van der Waals surface area contributed by atoms with E-state index in [1.54, 1.807) is 6.20 Å². The van der Waals surface area contributed by atoms with Crippen LogP contribution in [0, 0.1) is 0 Å². The quantitative estimate of drug-likeness (QED) is 0.363. The van der Waals surface area contributed by atoms with E-state index in [2.05, 4.69) is 15.1 Å². The number of nitrogens with zero attached hydrogens (tertiary/aromatic N) is 5. The maximum Gasteiger partial charge on any atom is 0.203 e. The van der Waals surface area contributed by atoms with Gasteiger partial charge in [0.25, 0.3) is 0 Å². The number of aromatic nitrogens is 4. The van der Waals surface area contributed by atoms with Crippen molar-refractivity contribution in [3.63, 3.8) is 0 Å². The van der Waals surface area contributed by atoms with Crippen LogP contribution in [0.5, 0.6) is 0 Å². The number of ether oxygens (including phenoxy) is 1.